The smallest absolute Gasteiger partial charge is 0.241 e. The van der Waals surface area contributed by atoms with Crippen LogP contribution in [-0.2, 0) is 15.6 Å². The van der Waals surface area contributed by atoms with Crippen molar-refractivity contribution in [2.24, 2.45) is 5.73 Å². The zero-order valence-electron chi connectivity index (χ0n) is 18.7. The van der Waals surface area contributed by atoms with Crippen molar-refractivity contribution >= 4 is 25.8 Å². The predicted molar refractivity (Wildman–Crippen MR) is 126 cm³/mol. The second-order valence-corrected chi connectivity index (χ2v) is 14.3. The van der Waals surface area contributed by atoms with Gasteiger partial charge in [0.15, 0.2) is 8.32 Å². The number of carbonyl (C=O) groups excluding carboxylic acids is 1. The van der Waals surface area contributed by atoms with Crippen molar-refractivity contribution in [2.45, 2.75) is 77.2 Å². The minimum atomic E-state index is -1.90. The second kappa shape index (κ2) is 11.7. The molecule has 1 rings (SSSR count). The molecule has 0 aliphatic carbocycles. The maximum Gasteiger partial charge on any atom is 0.241 e. The van der Waals surface area contributed by atoms with Gasteiger partial charge in [-0.1, -0.05) is 74.9 Å². The Bertz CT molecular complexity index is 693. The standard InChI is InChI=1S/C23H37ClN2O2Si/c1-18(24)14-15-20(28-29(5,6)23(2,3)4)13-10-16-26-22(27)21(25)17-19-11-8-7-9-12-19/h7-12,14,16,20-21H,13,15,17,25H2,1-6H3,(H,26,27)/b16-10-,18-14+/t20-,21+/m1/s1. The van der Waals surface area contributed by atoms with Crippen LogP contribution >= 0.6 is 11.6 Å². The second-order valence-electron chi connectivity index (χ2n) is 8.97. The van der Waals surface area contributed by atoms with E-state index in [9.17, 15) is 4.79 Å². The minimum Gasteiger partial charge on any atom is -0.413 e. The number of hydrogen-bond donors (Lipinski definition) is 2. The van der Waals surface area contributed by atoms with Crippen LogP contribution in [0, 0.1) is 0 Å². The largest absolute Gasteiger partial charge is 0.413 e. The summed E-state index contributed by atoms with van der Waals surface area (Å²) in [5.41, 5.74) is 7.06. The molecule has 0 bridgehead atoms. The molecule has 162 valence electrons. The fourth-order valence-corrected chi connectivity index (χ4v) is 3.98. The van der Waals surface area contributed by atoms with E-state index >= 15 is 0 Å². The molecule has 1 amide bonds. The van der Waals surface area contributed by atoms with Gasteiger partial charge in [-0.3, -0.25) is 4.79 Å². The zero-order valence-corrected chi connectivity index (χ0v) is 20.4. The molecule has 0 radical (unpaired) electrons. The van der Waals surface area contributed by atoms with Crippen LogP contribution in [0.2, 0.25) is 18.1 Å². The summed E-state index contributed by atoms with van der Waals surface area (Å²) >= 11 is 6.02. The quantitative estimate of drug-likeness (QED) is 0.476. The van der Waals surface area contributed by atoms with E-state index < -0.39 is 14.4 Å². The molecule has 29 heavy (non-hydrogen) atoms. The first kappa shape index (κ1) is 25.6. The van der Waals surface area contributed by atoms with Crippen LogP contribution in [0.4, 0.5) is 0 Å². The van der Waals surface area contributed by atoms with Gasteiger partial charge in [-0.05, 0) is 56.1 Å². The van der Waals surface area contributed by atoms with Gasteiger partial charge in [0.05, 0.1) is 12.1 Å². The Labute approximate surface area is 182 Å². The fourth-order valence-electron chi connectivity index (χ4n) is 2.51. The number of hydrogen-bond acceptors (Lipinski definition) is 3. The average Bonchev–Trinajstić information content (AvgIpc) is 2.62. The molecule has 1 aromatic rings. The van der Waals surface area contributed by atoms with Gasteiger partial charge in [0.25, 0.3) is 0 Å². The highest BCUT2D eigenvalue weighted by Crippen LogP contribution is 2.38. The molecule has 2 atom stereocenters. The number of amides is 1. The zero-order chi connectivity index (χ0) is 22.1. The van der Waals surface area contributed by atoms with Crippen molar-refractivity contribution in [2.75, 3.05) is 0 Å². The van der Waals surface area contributed by atoms with Gasteiger partial charge in [-0.15, -0.1) is 0 Å². The van der Waals surface area contributed by atoms with Gasteiger partial charge in [0.2, 0.25) is 5.91 Å². The summed E-state index contributed by atoms with van der Waals surface area (Å²) in [6.45, 7) is 13.0. The first-order chi connectivity index (χ1) is 13.4. The molecule has 0 aliphatic rings. The average molecular weight is 437 g/mol. The van der Waals surface area contributed by atoms with E-state index in [0.29, 0.717) is 12.8 Å². The van der Waals surface area contributed by atoms with E-state index in [-0.39, 0.29) is 17.0 Å². The van der Waals surface area contributed by atoms with Crippen molar-refractivity contribution in [1.82, 2.24) is 5.32 Å². The lowest BCUT2D eigenvalue weighted by atomic mass is 10.1. The molecule has 4 nitrogen and oxygen atoms in total. The monoisotopic (exact) mass is 436 g/mol. The maximum atomic E-state index is 12.2. The van der Waals surface area contributed by atoms with Crippen molar-refractivity contribution < 1.29 is 9.22 Å². The number of halogens is 1. The third-order valence-corrected chi connectivity index (χ3v) is 10.00. The molecule has 0 heterocycles. The van der Waals surface area contributed by atoms with Crippen LogP contribution in [0.1, 0.15) is 46.1 Å². The molecule has 0 fully saturated rings. The van der Waals surface area contributed by atoms with Crippen LogP contribution in [-0.4, -0.2) is 26.4 Å². The first-order valence-corrected chi connectivity index (χ1v) is 13.5. The van der Waals surface area contributed by atoms with Crippen LogP contribution in [0.15, 0.2) is 53.7 Å². The molecule has 3 N–H and O–H groups in total. The fraction of sp³-hybridized carbons (Fsp3) is 0.522. The van der Waals surface area contributed by atoms with E-state index in [0.717, 1.165) is 17.0 Å². The van der Waals surface area contributed by atoms with Crippen molar-refractivity contribution in [1.29, 1.82) is 0 Å². The normalized spacial score (nSPS) is 15.4. The van der Waals surface area contributed by atoms with Gasteiger partial charge in [0.1, 0.15) is 0 Å². The van der Waals surface area contributed by atoms with E-state index in [1.54, 1.807) is 6.20 Å². The molecule has 0 unspecified atom stereocenters. The van der Waals surface area contributed by atoms with Crippen LogP contribution in [0.5, 0.6) is 0 Å². The van der Waals surface area contributed by atoms with E-state index in [4.69, 9.17) is 21.8 Å². The predicted octanol–water partition coefficient (Wildman–Crippen LogP) is 5.50. The molecular weight excluding hydrogens is 400 g/mol. The summed E-state index contributed by atoms with van der Waals surface area (Å²) in [4.78, 5) is 12.2. The summed E-state index contributed by atoms with van der Waals surface area (Å²) in [6.07, 6.45) is 7.57. The summed E-state index contributed by atoms with van der Waals surface area (Å²) in [5.74, 6) is -0.191. The van der Waals surface area contributed by atoms with Crippen molar-refractivity contribution in [3.8, 4) is 0 Å². The number of nitrogens with two attached hydrogens (primary N) is 1. The molecule has 0 saturated carbocycles. The summed E-state index contributed by atoms with van der Waals surface area (Å²) in [6, 6.07) is 9.19. The minimum absolute atomic E-state index is 0.0238. The van der Waals surface area contributed by atoms with Gasteiger partial charge in [-0.2, -0.15) is 0 Å². The van der Waals surface area contributed by atoms with E-state index in [1.807, 2.05) is 49.4 Å². The van der Waals surface area contributed by atoms with Crippen LogP contribution in [0.3, 0.4) is 0 Å². The molecule has 1 aromatic carbocycles. The number of allylic oxidation sites excluding steroid dienone is 1. The molecule has 0 spiro atoms. The summed E-state index contributed by atoms with van der Waals surface area (Å²) < 4.78 is 6.53. The summed E-state index contributed by atoms with van der Waals surface area (Å²) in [5, 5.41) is 3.68. The maximum absolute atomic E-state index is 12.2. The number of carbonyl (C=O) groups is 1. The van der Waals surface area contributed by atoms with E-state index in [2.05, 4.69) is 39.2 Å². The molecule has 0 saturated heterocycles. The molecule has 0 aliphatic heterocycles. The van der Waals surface area contributed by atoms with E-state index in [1.165, 1.54) is 0 Å². The summed E-state index contributed by atoms with van der Waals surface area (Å²) in [7, 11) is -1.90. The SMILES string of the molecule is C/C(Cl)=C\C[C@@H](C/C=C\NC(=O)[C@@H](N)Cc1ccccc1)O[Si](C)(C)C(C)(C)C. The molecular formula is C23H37ClN2O2Si. The number of rotatable bonds is 10. The Morgan fingerprint density at radius 3 is 2.41 bits per heavy atom. The van der Waals surface area contributed by atoms with Gasteiger partial charge >= 0.3 is 0 Å². The van der Waals surface area contributed by atoms with Crippen molar-refractivity contribution in [3.05, 3.63) is 59.3 Å². The highest BCUT2D eigenvalue weighted by Gasteiger charge is 2.38. The Morgan fingerprint density at radius 1 is 1.24 bits per heavy atom. The van der Waals surface area contributed by atoms with Gasteiger partial charge < -0.3 is 15.5 Å². The third-order valence-electron chi connectivity index (χ3n) is 5.31. The highest BCUT2D eigenvalue weighted by molar-refractivity contribution is 6.74. The first-order valence-electron chi connectivity index (χ1n) is 10.2. The lowest BCUT2D eigenvalue weighted by Crippen LogP contribution is -2.43. The lowest BCUT2D eigenvalue weighted by Gasteiger charge is -2.39. The Hall–Kier alpha value is -1.40. The van der Waals surface area contributed by atoms with Crippen LogP contribution < -0.4 is 11.1 Å². The Morgan fingerprint density at radius 2 is 1.86 bits per heavy atom. The number of nitrogens with one attached hydrogen (secondary N) is 1. The van der Waals surface area contributed by atoms with Gasteiger partial charge in [0, 0.05) is 5.03 Å². The highest BCUT2D eigenvalue weighted by atomic mass is 35.5. The van der Waals surface area contributed by atoms with Gasteiger partial charge in [-0.25, -0.2) is 0 Å². The topological polar surface area (TPSA) is 64.4 Å². The Kier molecular flexibility index (Phi) is 10.3. The van der Waals surface area contributed by atoms with Crippen LogP contribution in [0.25, 0.3) is 0 Å². The lowest BCUT2D eigenvalue weighted by molar-refractivity contribution is -0.121. The Balaban J connectivity index is 2.62. The third kappa shape index (κ3) is 9.76. The molecule has 0 aromatic heterocycles. The number of benzene rings is 1. The molecule has 6 heteroatoms. The van der Waals surface area contributed by atoms with Crippen molar-refractivity contribution in [3.63, 3.8) is 0 Å².